The Balaban J connectivity index is 2.06. The van der Waals surface area contributed by atoms with E-state index in [1.165, 1.54) is 24.3 Å². The van der Waals surface area contributed by atoms with Gasteiger partial charge in [0.2, 0.25) is 0 Å². The van der Waals surface area contributed by atoms with E-state index in [2.05, 4.69) is 5.43 Å². The summed E-state index contributed by atoms with van der Waals surface area (Å²) in [5.41, 5.74) is 3.84. The van der Waals surface area contributed by atoms with Crippen molar-refractivity contribution in [3.05, 3.63) is 70.3 Å². The monoisotopic (exact) mass is 271 g/mol. The molecule has 0 unspecified atom stereocenters. The lowest BCUT2D eigenvalue weighted by Gasteiger charge is -2.20. The van der Waals surface area contributed by atoms with E-state index in [-0.39, 0.29) is 11.6 Å². The first kappa shape index (κ1) is 13.5. The van der Waals surface area contributed by atoms with E-state index >= 15 is 0 Å². The fourth-order valence-corrected chi connectivity index (χ4v) is 1.67. The molecule has 0 aliphatic heterocycles. The molecule has 6 nitrogen and oxygen atoms in total. The van der Waals surface area contributed by atoms with E-state index in [0.29, 0.717) is 5.56 Å². The molecule has 0 heterocycles. The van der Waals surface area contributed by atoms with Gasteiger partial charge in [-0.3, -0.25) is 25.3 Å². The molecule has 2 rings (SSSR count). The topological polar surface area (TPSA) is 75.5 Å². The van der Waals surface area contributed by atoms with Gasteiger partial charge in [0, 0.05) is 24.7 Å². The Kier molecular flexibility index (Phi) is 3.95. The molecule has 0 aliphatic carbocycles. The van der Waals surface area contributed by atoms with Gasteiger partial charge < -0.3 is 0 Å². The van der Waals surface area contributed by atoms with Crippen LogP contribution in [0.25, 0.3) is 0 Å². The molecule has 2 aromatic rings. The molecule has 0 bridgehead atoms. The van der Waals surface area contributed by atoms with Crippen molar-refractivity contribution in [2.75, 3.05) is 12.1 Å². The van der Waals surface area contributed by atoms with Gasteiger partial charge >= 0.3 is 0 Å². The molecule has 6 heteroatoms. The van der Waals surface area contributed by atoms with Gasteiger partial charge in [-0.25, -0.2) is 0 Å². The molecule has 0 aromatic heterocycles. The average molecular weight is 271 g/mol. The predicted octanol–water partition coefficient (Wildman–Crippen LogP) is 2.38. The summed E-state index contributed by atoms with van der Waals surface area (Å²) in [6.45, 7) is 0. The first-order valence-electron chi connectivity index (χ1n) is 5.92. The minimum absolute atomic E-state index is 0.0436. The quantitative estimate of drug-likeness (QED) is 0.684. The zero-order valence-corrected chi connectivity index (χ0v) is 10.8. The van der Waals surface area contributed by atoms with Gasteiger partial charge in [-0.05, 0) is 24.3 Å². The molecule has 1 amide bonds. The van der Waals surface area contributed by atoms with E-state index in [0.717, 1.165) is 5.69 Å². The normalized spacial score (nSPS) is 9.85. The molecule has 20 heavy (non-hydrogen) atoms. The van der Waals surface area contributed by atoms with E-state index in [4.69, 9.17) is 0 Å². The van der Waals surface area contributed by atoms with Gasteiger partial charge in [-0.1, -0.05) is 18.2 Å². The average Bonchev–Trinajstić information content (AvgIpc) is 2.48. The van der Waals surface area contributed by atoms with Crippen LogP contribution in [0.1, 0.15) is 10.4 Å². The van der Waals surface area contributed by atoms with Crippen LogP contribution < -0.4 is 10.4 Å². The lowest BCUT2D eigenvalue weighted by molar-refractivity contribution is -0.384. The highest BCUT2D eigenvalue weighted by molar-refractivity contribution is 5.95. The first-order valence-corrected chi connectivity index (χ1v) is 5.92. The van der Waals surface area contributed by atoms with E-state index < -0.39 is 4.92 Å². The first-order chi connectivity index (χ1) is 9.58. The molecule has 1 N–H and O–H groups in total. The highest BCUT2D eigenvalue weighted by Crippen LogP contribution is 2.13. The van der Waals surface area contributed by atoms with E-state index in [1.54, 1.807) is 12.1 Å². The number of nitro benzene ring substituents is 1. The standard InChI is InChI=1S/C14H13N3O3/c1-16(12-5-3-2-4-6-12)15-14(18)11-7-9-13(10-8-11)17(19)20/h2-10H,1H3,(H,15,18). The number of hydrogen-bond acceptors (Lipinski definition) is 4. The fraction of sp³-hybridized carbons (Fsp3) is 0.0714. The molecular formula is C14H13N3O3. The highest BCUT2D eigenvalue weighted by atomic mass is 16.6. The molecular weight excluding hydrogens is 258 g/mol. The van der Waals surface area contributed by atoms with Crippen LogP contribution in [0.3, 0.4) is 0 Å². The Hall–Kier alpha value is -2.89. The van der Waals surface area contributed by atoms with Gasteiger partial charge in [-0.15, -0.1) is 0 Å². The van der Waals surface area contributed by atoms with Crippen LogP contribution in [-0.2, 0) is 0 Å². The number of para-hydroxylation sites is 1. The Bertz CT molecular complexity index is 611. The van der Waals surface area contributed by atoms with Crippen molar-refractivity contribution in [2.45, 2.75) is 0 Å². The number of hydrogen-bond donors (Lipinski definition) is 1. The number of amides is 1. The van der Waals surface area contributed by atoms with Crippen LogP contribution in [0.4, 0.5) is 11.4 Å². The number of nitrogens with one attached hydrogen (secondary N) is 1. The smallest absolute Gasteiger partial charge is 0.269 e. The SMILES string of the molecule is CN(NC(=O)c1ccc([N+](=O)[O-])cc1)c1ccccc1. The van der Waals surface area contributed by atoms with Crippen molar-refractivity contribution >= 4 is 17.3 Å². The number of hydrazine groups is 1. The predicted molar refractivity (Wildman–Crippen MR) is 75.4 cm³/mol. The minimum atomic E-state index is -0.502. The van der Waals surface area contributed by atoms with Crippen LogP contribution in [0.5, 0.6) is 0 Å². The van der Waals surface area contributed by atoms with Crippen LogP contribution in [0.15, 0.2) is 54.6 Å². The third kappa shape index (κ3) is 3.11. The van der Waals surface area contributed by atoms with E-state index in [9.17, 15) is 14.9 Å². The lowest BCUT2D eigenvalue weighted by atomic mass is 10.2. The molecule has 0 aliphatic rings. The lowest BCUT2D eigenvalue weighted by Crippen LogP contribution is -2.39. The summed E-state index contributed by atoms with van der Waals surface area (Å²) in [5.74, 6) is -0.328. The van der Waals surface area contributed by atoms with Crippen LogP contribution >= 0.6 is 0 Å². The Morgan fingerprint density at radius 1 is 1.10 bits per heavy atom. The molecule has 2 aromatic carbocycles. The Labute approximate surface area is 115 Å². The van der Waals surface area contributed by atoms with Crippen molar-refractivity contribution in [1.82, 2.24) is 5.43 Å². The molecule has 0 spiro atoms. The Morgan fingerprint density at radius 2 is 1.70 bits per heavy atom. The van der Waals surface area contributed by atoms with Gasteiger partial charge in [0.25, 0.3) is 11.6 Å². The van der Waals surface area contributed by atoms with Crippen molar-refractivity contribution < 1.29 is 9.72 Å². The highest BCUT2D eigenvalue weighted by Gasteiger charge is 2.11. The van der Waals surface area contributed by atoms with Crippen molar-refractivity contribution in [1.29, 1.82) is 0 Å². The zero-order valence-electron chi connectivity index (χ0n) is 10.8. The van der Waals surface area contributed by atoms with Crippen molar-refractivity contribution in [3.8, 4) is 0 Å². The third-order valence-corrected chi connectivity index (χ3v) is 2.75. The summed E-state index contributed by atoms with van der Waals surface area (Å²) >= 11 is 0. The van der Waals surface area contributed by atoms with Crippen molar-refractivity contribution in [3.63, 3.8) is 0 Å². The number of benzene rings is 2. The molecule has 0 atom stereocenters. The molecule has 0 fully saturated rings. The summed E-state index contributed by atoms with van der Waals surface area (Å²) in [4.78, 5) is 22.0. The third-order valence-electron chi connectivity index (χ3n) is 2.75. The molecule has 0 saturated carbocycles. The summed E-state index contributed by atoms with van der Waals surface area (Å²) in [7, 11) is 1.72. The fourth-order valence-electron chi connectivity index (χ4n) is 1.67. The van der Waals surface area contributed by atoms with Gasteiger partial charge in [-0.2, -0.15) is 0 Å². The maximum Gasteiger partial charge on any atom is 0.269 e. The number of nitrogens with zero attached hydrogens (tertiary/aromatic N) is 2. The Morgan fingerprint density at radius 3 is 2.25 bits per heavy atom. The summed E-state index contributed by atoms with van der Waals surface area (Å²) in [6, 6.07) is 14.8. The van der Waals surface area contributed by atoms with E-state index in [1.807, 2.05) is 30.3 Å². The second-order valence-corrected chi connectivity index (χ2v) is 4.14. The molecule has 0 saturated heterocycles. The molecule has 0 radical (unpaired) electrons. The zero-order chi connectivity index (χ0) is 14.5. The number of nitro groups is 1. The van der Waals surface area contributed by atoms with Crippen LogP contribution in [-0.4, -0.2) is 17.9 Å². The van der Waals surface area contributed by atoms with Crippen molar-refractivity contribution in [2.24, 2.45) is 0 Å². The maximum absolute atomic E-state index is 12.0. The number of anilines is 1. The van der Waals surface area contributed by atoms with Gasteiger partial charge in [0.15, 0.2) is 0 Å². The second-order valence-electron chi connectivity index (χ2n) is 4.14. The number of carbonyl (C=O) groups is 1. The number of carbonyl (C=O) groups excluding carboxylic acids is 1. The number of rotatable bonds is 4. The second kappa shape index (κ2) is 5.83. The summed E-state index contributed by atoms with van der Waals surface area (Å²) in [5, 5.41) is 12.1. The van der Waals surface area contributed by atoms with Crippen LogP contribution in [0.2, 0.25) is 0 Å². The number of non-ortho nitro benzene ring substituents is 1. The van der Waals surface area contributed by atoms with Gasteiger partial charge in [0.05, 0.1) is 10.6 Å². The largest absolute Gasteiger partial charge is 0.288 e. The summed E-state index contributed by atoms with van der Waals surface area (Å²) < 4.78 is 0. The van der Waals surface area contributed by atoms with Crippen LogP contribution in [0, 0.1) is 10.1 Å². The van der Waals surface area contributed by atoms with Gasteiger partial charge in [0.1, 0.15) is 0 Å². The maximum atomic E-state index is 12.0. The molecule has 102 valence electrons. The summed E-state index contributed by atoms with van der Waals surface area (Å²) in [6.07, 6.45) is 0. The minimum Gasteiger partial charge on any atom is -0.288 e.